The summed E-state index contributed by atoms with van der Waals surface area (Å²) in [7, 11) is -3.30. The van der Waals surface area contributed by atoms with Crippen LogP contribution in [0.4, 0.5) is 16.2 Å². The maximum atomic E-state index is 12.8. The maximum Gasteiger partial charge on any atom is 0.322 e. The molecule has 1 aromatic rings. The third-order valence-electron chi connectivity index (χ3n) is 5.63. The second-order valence-corrected chi connectivity index (χ2v) is 9.87. The molecule has 2 fully saturated rings. The highest BCUT2D eigenvalue weighted by Gasteiger charge is 2.55. The molecule has 1 aromatic carbocycles. The first kappa shape index (κ1) is 19.0. The zero-order valence-corrected chi connectivity index (χ0v) is 16.6. The Hall–Kier alpha value is -1.76. The Bertz CT molecular complexity index is 753. The van der Waals surface area contributed by atoms with Gasteiger partial charge in [-0.25, -0.2) is 13.2 Å². The van der Waals surface area contributed by atoms with Crippen LogP contribution in [0.1, 0.15) is 46.0 Å². The van der Waals surface area contributed by atoms with Crippen molar-refractivity contribution in [2.24, 2.45) is 11.3 Å². The molecule has 6 nitrogen and oxygen atoms in total. The molecule has 1 heterocycles. The number of anilines is 2. The van der Waals surface area contributed by atoms with Crippen LogP contribution in [0.25, 0.3) is 0 Å². The molecule has 0 aromatic heterocycles. The summed E-state index contributed by atoms with van der Waals surface area (Å²) in [6, 6.07) is 6.96. The molecule has 2 N–H and O–H groups in total. The van der Waals surface area contributed by atoms with Crippen LogP contribution < -0.4 is 10.0 Å². The third kappa shape index (κ3) is 3.98. The van der Waals surface area contributed by atoms with E-state index >= 15 is 0 Å². The summed E-state index contributed by atoms with van der Waals surface area (Å²) in [5.41, 5.74) is 1.46. The number of carbonyl (C=O) groups is 1. The molecule has 2 aliphatic rings. The van der Waals surface area contributed by atoms with E-state index in [0.29, 0.717) is 28.7 Å². The first-order valence-corrected chi connectivity index (χ1v) is 11.2. The summed E-state index contributed by atoms with van der Waals surface area (Å²) in [4.78, 5) is 14.7. The van der Waals surface area contributed by atoms with Crippen molar-refractivity contribution >= 4 is 27.4 Å². The van der Waals surface area contributed by atoms with Crippen LogP contribution in [0, 0.1) is 11.3 Å². The Morgan fingerprint density at radius 3 is 2.23 bits per heavy atom. The van der Waals surface area contributed by atoms with Gasteiger partial charge < -0.3 is 10.2 Å². The first-order chi connectivity index (χ1) is 12.2. The van der Waals surface area contributed by atoms with Crippen LogP contribution in [0.15, 0.2) is 24.3 Å². The van der Waals surface area contributed by atoms with Gasteiger partial charge in [0.1, 0.15) is 0 Å². The fourth-order valence-electron chi connectivity index (χ4n) is 4.76. The lowest BCUT2D eigenvalue weighted by molar-refractivity contribution is -0.0853. The van der Waals surface area contributed by atoms with E-state index in [1.54, 1.807) is 24.3 Å². The van der Waals surface area contributed by atoms with E-state index in [4.69, 9.17) is 0 Å². The van der Waals surface area contributed by atoms with Gasteiger partial charge in [-0.15, -0.1) is 0 Å². The Morgan fingerprint density at radius 2 is 1.69 bits per heavy atom. The highest BCUT2D eigenvalue weighted by Crippen LogP contribution is 2.51. The van der Waals surface area contributed by atoms with Crippen LogP contribution >= 0.6 is 0 Å². The molecule has 2 amide bonds. The lowest BCUT2D eigenvalue weighted by atomic mass is 9.60. The Balaban J connectivity index is 1.64. The number of benzene rings is 1. The average molecular weight is 380 g/mol. The van der Waals surface area contributed by atoms with Crippen molar-refractivity contribution in [2.75, 3.05) is 22.8 Å². The van der Waals surface area contributed by atoms with E-state index in [2.05, 4.69) is 23.9 Å². The van der Waals surface area contributed by atoms with Crippen molar-refractivity contribution < 1.29 is 13.2 Å². The largest absolute Gasteiger partial charge is 0.322 e. The number of likely N-dealkylation sites (tertiary alicyclic amines) is 1. The quantitative estimate of drug-likeness (QED) is 0.833. The molecule has 1 saturated heterocycles. The minimum absolute atomic E-state index is 0.0660. The van der Waals surface area contributed by atoms with Gasteiger partial charge >= 0.3 is 6.03 Å². The standard InChI is InChI=1S/C19H29N3O3S/c1-14(2)17-19(11-5-4-6-12-19)13-22(17)18(23)20-15-7-9-16(10-8-15)21-26(3,24)25/h7-10,14,17,21H,4-6,11-13H2,1-3H3,(H,20,23)/t17-/m0/s1. The lowest BCUT2D eigenvalue weighted by Crippen LogP contribution is -2.69. The number of urea groups is 1. The molecule has 1 aliphatic heterocycles. The summed E-state index contributed by atoms with van der Waals surface area (Å²) in [6.45, 7) is 5.24. The van der Waals surface area contributed by atoms with Gasteiger partial charge in [0.25, 0.3) is 0 Å². The van der Waals surface area contributed by atoms with E-state index in [1.165, 1.54) is 32.1 Å². The molecule has 3 rings (SSSR count). The molecular weight excluding hydrogens is 350 g/mol. The third-order valence-corrected chi connectivity index (χ3v) is 6.24. The normalized spacial score (nSPS) is 22.2. The van der Waals surface area contributed by atoms with Crippen molar-refractivity contribution in [2.45, 2.75) is 52.0 Å². The van der Waals surface area contributed by atoms with E-state index in [-0.39, 0.29) is 6.03 Å². The molecule has 0 radical (unpaired) electrons. The number of hydrogen-bond acceptors (Lipinski definition) is 3. The summed E-state index contributed by atoms with van der Waals surface area (Å²) in [5.74, 6) is 0.439. The molecule has 1 aliphatic carbocycles. The van der Waals surface area contributed by atoms with Gasteiger partial charge in [0.05, 0.1) is 6.26 Å². The average Bonchev–Trinajstić information content (AvgIpc) is 2.53. The van der Waals surface area contributed by atoms with E-state index in [1.807, 2.05) is 4.90 Å². The van der Waals surface area contributed by atoms with Crippen molar-refractivity contribution in [3.8, 4) is 0 Å². The topological polar surface area (TPSA) is 78.5 Å². The van der Waals surface area contributed by atoms with Gasteiger partial charge in [-0.05, 0) is 43.0 Å². The number of sulfonamides is 1. The van der Waals surface area contributed by atoms with Crippen LogP contribution in [0.3, 0.4) is 0 Å². The predicted molar refractivity (Wildman–Crippen MR) is 105 cm³/mol. The van der Waals surface area contributed by atoms with E-state index in [0.717, 1.165) is 12.8 Å². The Labute approximate surface area is 156 Å². The zero-order chi connectivity index (χ0) is 18.9. The van der Waals surface area contributed by atoms with Gasteiger partial charge in [-0.3, -0.25) is 4.72 Å². The highest BCUT2D eigenvalue weighted by atomic mass is 32.2. The fraction of sp³-hybridized carbons (Fsp3) is 0.632. The predicted octanol–water partition coefficient (Wildman–Crippen LogP) is 3.88. The van der Waals surface area contributed by atoms with Crippen LogP contribution in [-0.4, -0.2) is 38.2 Å². The van der Waals surface area contributed by atoms with Gasteiger partial charge in [-0.1, -0.05) is 33.1 Å². The van der Waals surface area contributed by atoms with Crippen LogP contribution in [0.5, 0.6) is 0 Å². The number of amides is 2. The van der Waals surface area contributed by atoms with Crippen LogP contribution in [0.2, 0.25) is 0 Å². The second-order valence-electron chi connectivity index (χ2n) is 8.12. The molecule has 26 heavy (non-hydrogen) atoms. The Morgan fingerprint density at radius 1 is 1.12 bits per heavy atom. The fourth-order valence-corrected chi connectivity index (χ4v) is 5.32. The molecule has 1 spiro atoms. The number of carbonyl (C=O) groups excluding carboxylic acids is 1. The SMILES string of the molecule is CC(C)[C@@H]1N(C(=O)Nc2ccc(NS(C)(=O)=O)cc2)CC12CCCCC2. The maximum absolute atomic E-state index is 12.8. The number of rotatable bonds is 4. The molecule has 144 valence electrons. The minimum Gasteiger partial charge on any atom is -0.320 e. The van der Waals surface area contributed by atoms with E-state index < -0.39 is 10.0 Å². The number of hydrogen-bond donors (Lipinski definition) is 2. The van der Waals surface area contributed by atoms with Gasteiger partial charge in [-0.2, -0.15) is 0 Å². The summed E-state index contributed by atoms with van der Waals surface area (Å²) >= 11 is 0. The monoisotopic (exact) mass is 379 g/mol. The van der Waals surface area contributed by atoms with E-state index in [9.17, 15) is 13.2 Å². The summed E-state index contributed by atoms with van der Waals surface area (Å²) < 4.78 is 24.9. The summed E-state index contributed by atoms with van der Waals surface area (Å²) in [5, 5.41) is 2.95. The zero-order valence-electron chi connectivity index (χ0n) is 15.8. The van der Waals surface area contributed by atoms with Crippen molar-refractivity contribution in [1.82, 2.24) is 4.90 Å². The molecule has 7 heteroatoms. The molecule has 1 atom stereocenters. The van der Waals surface area contributed by atoms with Gasteiger partial charge in [0.15, 0.2) is 0 Å². The van der Waals surface area contributed by atoms with Crippen LogP contribution in [-0.2, 0) is 10.0 Å². The van der Waals surface area contributed by atoms with Gasteiger partial charge in [0.2, 0.25) is 10.0 Å². The molecule has 1 saturated carbocycles. The second kappa shape index (κ2) is 7.10. The molecule has 0 bridgehead atoms. The number of nitrogens with zero attached hydrogens (tertiary/aromatic N) is 1. The number of nitrogens with one attached hydrogen (secondary N) is 2. The van der Waals surface area contributed by atoms with Gasteiger partial charge in [0, 0.05) is 29.4 Å². The molecular formula is C19H29N3O3S. The summed E-state index contributed by atoms with van der Waals surface area (Å²) in [6.07, 6.45) is 7.42. The highest BCUT2D eigenvalue weighted by molar-refractivity contribution is 7.92. The Kier molecular flexibility index (Phi) is 5.19. The minimum atomic E-state index is -3.30. The smallest absolute Gasteiger partial charge is 0.320 e. The van der Waals surface area contributed by atoms with Crippen molar-refractivity contribution in [3.63, 3.8) is 0 Å². The van der Waals surface area contributed by atoms with Crippen molar-refractivity contribution in [3.05, 3.63) is 24.3 Å². The first-order valence-electron chi connectivity index (χ1n) is 9.36. The lowest BCUT2D eigenvalue weighted by Gasteiger charge is -2.61. The molecule has 0 unspecified atom stereocenters. The van der Waals surface area contributed by atoms with Crippen molar-refractivity contribution in [1.29, 1.82) is 0 Å².